The summed E-state index contributed by atoms with van der Waals surface area (Å²) in [5, 5.41) is 0.646. The molecule has 0 aliphatic rings. The van der Waals surface area contributed by atoms with E-state index in [9.17, 15) is 4.79 Å². The fourth-order valence-corrected chi connectivity index (χ4v) is 3.82. The lowest BCUT2D eigenvalue weighted by Gasteiger charge is -2.18. The Bertz CT molecular complexity index is 1030. The Kier molecular flexibility index (Phi) is 4.50. The monoisotopic (exact) mass is 363 g/mol. The quantitative estimate of drug-likeness (QED) is 0.516. The first-order valence-corrected chi connectivity index (χ1v) is 9.21. The van der Waals surface area contributed by atoms with Gasteiger partial charge in [-0.05, 0) is 42.3 Å². The van der Waals surface area contributed by atoms with Crippen molar-refractivity contribution in [3.63, 3.8) is 0 Å². The first kappa shape index (κ1) is 16.5. The van der Waals surface area contributed by atoms with Crippen LogP contribution in [0.4, 0.5) is 5.13 Å². The molecule has 0 saturated carbocycles. The molecule has 1 aromatic carbocycles. The number of aromatic nitrogens is 2. The first-order chi connectivity index (χ1) is 12.8. The van der Waals surface area contributed by atoms with Gasteiger partial charge in [-0.15, -0.1) is 0 Å². The number of anilines is 1. The normalized spacial score (nSPS) is 11.0. The number of fused-ring (bicyclic) bond motifs is 1. The van der Waals surface area contributed by atoms with Gasteiger partial charge in [0.05, 0.1) is 28.7 Å². The lowest BCUT2D eigenvalue weighted by Crippen LogP contribution is -2.30. The summed E-state index contributed by atoms with van der Waals surface area (Å²) in [5.74, 6) is 0.0636. The van der Waals surface area contributed by atoms with Gasteiger partial charge >= 0.3 is 0 Å². The highest BCUT2D eigenvalue weighted by Crippen LogP contribution is 2.32. The van der Waals surface area contributed by atoms with Gasteiger partial charge in [-0.25, -0.2) is 4.98 Å². The summed E-state index contributed by atoms with van der Waals surface area (Å²) in [6, 6.07) is 15.2. The van der Waals surface area contributed by atoms with Crippen LogP contribution in [0.25, 0.3) is 10.2 Å². The molecule has 0 unspecified atom stereocenters. The number of para-hydroxylation sites is 1. The highest BCUT2D eigenvalue weighted by Gasteiger charge is 2.24. The number of amides is 1. The fraction of sp³-hybridized carbons (Fsp3) is 0.150. The molecule has 6 heteroatoms. The van der Waals surface area contributed by atoms with Crippen molar-refractivity contribution in [1.82, 2.24) is 9.97 Å². The second-order valence-corrected chi connectivity index (χ2v) is 6.81. The van der Waals surface area contributed by atoms with E-state index in [1.54, 1.807) is 23.2 Å². The molecular formula is C20H17N3O2S. The molecule has 1 amide bonds. The van der Waals surface area contributed by atoms with Crippen LogP contribution in [0.15, 0.2) is 65.4 Å². The molecule has 130 valence electrons. The van der Waals surface area contributed by atoms with E-state index in [1.807, 2.05) is 30.3 Å². The van der Waals surface area contributed by atoms with Gasteiger partial charge in [0.25, 0.3) is 5.91 Å². The Morgan fingerprint density at radius 1 is 1.15 bits per heavy atom. The summed E-state index contributed by atoms with van der Waals surface area (Å²) in [6.07, 6.45) is 4.12. The predicted octanol–water partition coefficient (Wildman–Crippen LogP) is 4.69. The molecule has 3 aromatic heterocycles. The molecule has 4 aromatic rings. The van der Waals surface area contributed by atoms with E-state index in [-0.39, 0.29) is 11.7 Å². The Hall–Kier alpha value is -2.99. The smallest absolute Gasteiger partial charge is 0.296 e. The van der Waals surface area contributed by atoms with Crippen LogP contribution >= 0.6 is 11.3 Å². The predicted molar refractivity (Wildman–Crippen MR) is 102 cm³/mol. The van der Waals surface area contributed by atoms with E-state index in [4.69, 9.17) is 9.40 Å². The van der Waals surface area contributed by atoms with E-state index in [2.05, 4.69) is 18.0 Å². The van der Waals surface area contributed by atoms with Crippen molar-refractivity contribution in [2.75, 3.05) is 4.90 Å². The molecule has 0 atom stereocenters. The van der Waals surface area contributed by atoms with Gasteiger partial charge in [0, 0.05) is 6.20 Å². The van der Waals surface area contributed by atoms with Crippen LogP contribution in [0, 0.1) is 0 Å². The van der Waals surface area contributed by atoms with Gasteiger partial charge in [0.15, 0.2) is 10.9 Å². The molecular weight excluding hydrogens is 346 g/mol. The van der Waals surface area contributed by atoms with Gasteiger partial charge in [0.1, 0.15) is 0 Å². The van der Waals surface area contributed by atoms with Crippen molar-refractivity contribution in [3.8, 4) is 0 Å². The summed E-state index contributed by atoms with van der Waals surface area (Å²) < 4.78 is 6.39. The summed E-state index contributed by atoms with van der Waals surface area (Å²) in [6.45, 7) is 2.44. The largest absolute Gasteiger partial charge is 0.459 e. The molecule has 0 aliphatic carbocycles. The second kappa shape index (κ2) is 7.09. The Balaban J connectivity index is 1.78. The van der Waals surface area contributed by atoms with E-state index in [0.717, 1.165) is 22.3 Å². The topological polar surface area (TPSA) is 59.2 Å². The molecule has 26 heavy (non-hydrogen) atoms. The molecule has 0 radical (unpaired) electrons. The minimum Gasteiger partial charge on any atom is -0.459 e. The number of nitrogens with zero attached hydrogens (tertiary/aromatic N) is 3. The molecule has 0 spiro atoms. The highest BCUT2D eigenvalue weighted by atomic mass is 32.1. The van der Waals surface area contributed by atoms with Gasteiger partial charge in [-0.3, -0.25) is 14.7 Å². The van der Waals surface area contributed by atoms with Gasteiger partial charge in [-0.2, -0.15) is 0 Å². The van der Waals surface area contributed by atoms with Crippen LogP contribution in [0.3, 0.4) is 0 Å². The third-order valence-corrected chi connectivity index (χ3v) is 5.17. The molecule has 0 bridgehead atoms. The maximum Gasteiger partial charge on any atom is 0.296 e. The Morgan fingerprint density at radius 2 is 2.08 bits per heavy atom. The van der Waals surface area contributed by atoms with Crippen molar-refractivity contribution in [2.24, 2.45) is 0 Å². The zero-order chi connectivity index (χ0) is 17.9. The van der Waals surface area contributed by atoms with E-state index >= 15 is 0 Å². The maximum atomic E-state index is 13.0. The zero-order valence-corrected chi connectivity index (χ0v) is 15.1. The number of furan rings is 1. The highest BCUT2D eigenvalue weighted by molar-refractivity contribution is 7.22. The molecule has 0 aliphatic heterocycles. The van der Waals surface area contributed by atoms with E-state index in [0.29, 0.717) is 11.7 Å². The number of hydrogen-bond donors (Lipinski definition) is 0. The lowest BCUT2D eigenvalue weighted by molar-refractivity contribution is 0.0958. The zero-order valence-electron chi connectivity index (χ0n) is 14.3. The van der Waals surface area contributed by atoms with Gasteiger partial charge in [0.2, 0.25) is 0 Å². The van der Waals surface area contributed by atoms with Crippen molar-refractivity contribution in [3.05, 3.63) is 78.0 Å². The first-order valence-electron chi connectivity index (χ1n) is 8.40. The molecule has 3 heterocycles. The number of pyridine rings is 1. The summed E-state index contributed by atoms with van der Waals surface area (Å²) in [7, 11) is 0. The summed E-state index contributed by atoms with van der Waals surface area (Å²) in [4.78, 5) is 23.8. The standard InChI is InChI=1S/C20H17N3O2S/c1-2-14-7-5-10-17-18(14)22-20(26-17)23(13-15-8-3-4-11-21-15)19(24)16-9-6-12-25-16/h3-12H,2,13H2,1H3. The average Bonchev–Trinajstić information content (AvgIpc) is 3.35. The Morgan fingerprint density at radius 3 is 2.81 bits per heavy atom. The van der Waals surface area contributed by atoms with Crippen molar-refractivity contribution in [1.29, 1.82) is 0 Å². The SMILES string of the molecule is CCc1cccc2sc(N(Cc3ccccn3)C(=O)c3ccco3)nc12. The molecule has 0 saturated heterocycles. The molecule has 4 rings (SSSR count). The number of benzene rings is 1. The van der Waals surface area contributed by atoms with Crippen molar-refractivity contribution >= 4 is 32.6 Å². The molecule has 0 fully saturated rings. The number of hydrogen-bond acceptors (Lipinski definition) is 5. The van der Waals surface area contributed by atoms with Crippen LogP contribution in [0.1, 0.15) is 28.7 Å². The Labute approximate surface area is 154 Å². The fourth-order valence-electron chi connectivity index (χ4n) is 2.81. The van der Waals surface area contributed by atoms with E-state index < -0.39 is 0 Å². The van der Waals surface area contributed by atoms with Crippen molar-refractivity contribution in [2.45, 2.75) is 19.9 Å². The summed E-state index contributed by atoms with van der Waals surface area (Å²) in [5.41, 5.74) is 2.92. The third kappa shape index (κ3) is 3.11. The molecule has 0 N–H and O–H groups in total. The lowest BCUT2D eigenvalue weighted by atomic mass is 10.1. The number of carbonyl (C=O) groups excluding carboxylic acids is 1. The van der Waals surface area contributed by atoms with Gasteiger partial charge in [-0.1, -0.05) is 36.5 Å². The van der Waals surface area contributed by atoms with Crippen LogP contribution < -0.4 is 4.90 Å². The minimum atomic E-state index is -0.224. The van der Waals surface area contributed by atoms with Crippen LogP contribution in [-0.4, -0.2) is 15.9 Å². The number of aryl methyl sites for hydroxylation is 1. The number of thiazole rings is 1. The van der Waals surface area contributed by atoms with Gasteiger partial charge < -0.3 is 4.42 Å². The van der Waals surface area contributed by atoms with Crippen LogP contribution in [0.2, 0.25) is 0 Å². The number of rotatable bonds is 5. The van der Waals surface area contributed by atoms with Crippen LogP contribution in [0.5, 0.6) is 0 Å². The third-order valence-electron chi connectivity index (χ3n) is 4.13. The minimum absolute atomic E-state index is 0.224. The maximum absolute atomic E-state index is 13.0. The van der Waals surface area contributed by atoms with Crippen molar-refractivity contribution < 1.29 is 9.21 Å². The molecule has 5 nitrogen and oxygen atoms in total. The van der Waals surface area contributed by atoms with E-state index in [1.165, 1.54) is 23.2 Å². The van der Waals surface area contributed by atoms with Crippen LogP contribution in [-0.2, 0) is 13.0 Å². The number of carbonyl (C=O) groups is 1. The second-order valence-electron chi connectivity index (χ2n) is 5.80. The average molecular weight is 363 g/mol. The summed E-state index contributed by atoms with van der Waals surface area (Å²) >= 11 is 1.50.